The second kappa shape index (κ2) is 8.05. The number of benzene rings is 2. The van der Waals surface area contributed by atoms with Gasteiger partial charge in [0.05, 0.1) is 13.2 Å². The standard InChI is InChI=1S/C22H25F2NO3/c1-27-20-4-2-3-5-21(20)28-22-9-16-13-25(12-15(16)8-19(22)26)11-14-6-7-17(23)10-18(14)24/h2-7,10,15-16,19,22,26H,8-9,11-13H2,1H3/t15-,16+,19+,22+/m0/s1. The lowest BCUT2D eigenvalue weighted by Crippen LogP contribution is -2.42. The first kappa shape index (κ1) is 19.2. The first-order chi connectivity index (χ1) is 13.5. The predicted molar refractivity (Wildman–Crippen MR) is 101 cm³/mol. The van der Waals surface area contributed by atoms with Crippen molar-refractivity contribution in [1.29, 1.82) is 0 Å². The van der Waals surface area contributed by atoms with Gasteiger partial charge in [0.15, 0.2) is 11.5 Å². The van der Waals surface area contributed by atoms with Crippen LogP contribution in [0.15, 0.2) is 42.5 Å². The molecular weight excluding hydrogens is 364 g/mol. The average molecular weight is 389 g/mol. The number of nitrogens with zero attached hydrogens (tertiary/aromatic N) is 1. The Labute approximate surface area is 163 Å². The fraction of sp³-hybridized carbons (Fsp3) is 0.455. The Kier molecular flexibility index (Phi) is 5.51. The molecule has 4 rings (SSSR count). The van der Waals surface area contributed by atoms with Gasteiger partial charge in [0.25, 0.3) is 0 Å². The summed E-state index contributed by atoms with van der Waals surface area (Å²) in [6, 6.07) is 11.2. The number of para-hydroxylation sites is 2. The monoisotopic (exact) mass is 389 g/mol. The summed E-state index contributed by atoms with van der Waals surface area (Å²) >= 11 is 0. The molecule has 4 nitrogen and oxygen atoms in total. The number of ether oxygens (including phenoxy) is 2. The van der Waals surface area contributed by atoms with Gasteiger partial charge in [-0.3, -0.25) is 4.90 Å². The number of halogens is 2. The number of rotatable bonds is 5. The Morgan fingerprint density at radius 2 is 1.75 bits per heavy atom. The van der Waals surface area contributed by atoms with E-state index in [2.05, 4.69) is 4.90 Å². The van der Waals surface area contributed by atoms with Gasteiger partial charge >= 0.3 is 0 Å². The van der Waals surface area contributed by atoms with Crippen molar-refractivity contribution < 1.29 is 23.4 Å². The van der Waals surface area contributed by atoms with Gasteiger partial charge in [0, 0.05) is 31.3 Å². The molecule has 1 aliphatic heterocycles. The number of fused-ring (bicyclic) bond motifs is 1. The van der Waals surface area contributed by atoms with Gasteiger partial charge in [-0.15, -0.1) is 0 Å². The zero-order valence-corrected chi connectivity index (χ0v) is 15.9. The second-order valence-corrected chi connectivity index (χ2v) is 7.80. The minimum atomic E-state index is -0.559. The van der Waals surface area contributed by atoms with E-state index in [1.807, 2.05) is 24.3 Å². The van der Waals surface area contributed by atoms with Crippen LogP contribution in [0.5, 0.6) is 11.5 Å². The van der Waals surface area contributed by atoms with Crippen LogP contribution >= 0.6 is 0 Å². The summed E-state index contributed by atoms with van der Waals surface area (Å²) in [4.78, 5) is 2.18. The van der Waals surface area contributed by atoms with Crippen molar-refractivity contribution in [1.82, 2.24) is 4.90 Å². The lowest BCUT2D eigenvalue weighted by molar-refractivity contribution is -0.0240. The van der Waals surface area contributed by atoms with Crippen molar-refractivity contribution in [2.24, 2.45) is 11.8 Å². The highest BCUT2D eigenvalue weighted by molar-refractivity contribution is 5.39. The van der Waals surface area contributed by atoms with Crippen molar-refractivity contribution in [2.75, 3.05) is 20.2 Å². The Morgan fingerprint density at radius 1 is 1.04 bits per heavy atom. The highest BCUT2D eigenvalue weighted by atomic mass is 19.1. The predicted octanol–water partition coefficient (Wildman–Crippen LogP) is 3.62. The van der Waals surface area contributed by atoms with Gasteiger partial charge in [0.1, 0.15) is 17.7 Å². The number of hydrogen-bond donors (Lipinski definition) is 1. The van der Waals surface area contributed by atoms with E-state index in [1.165, 1.54) is 12.1 Å². The van der Waals surface area contributed by atoms with Crippen molar-refractivity contribution in [3.63, 3.8) is 0 Å². The molecule has 2 aliphatic rings. The first-order valence-corrected chi connectivity index (χ1v) is 9.67. The van der Waals surface area contributed by atoms with E-state index < -0.39 is 17.7 Å². The van der Waals surface area contributed by atoms with E-state index in [0.717, 1.165) is 25.6 Å². The van der Waals surface area contributed by atoms with E-state index >= 15 is 0 Å². The molecule has 1 N–H and O–H groups in total. The Bertz CT molecular complexity index is 831. The summed E-state index contributed by atoms with van der Waals surface area (Å²) in [5.74, 6) is 0.957. The van der Waals surface area contributed by atoms with Crippen LogP contribution in [0.4, 0.5) is 8.78 Å². The van der Waals surface area contributed by atoms with Crippen LogP contribution in [0.1, 0.15) is 18.4 Å². The highest BCUT2D eigenvalue weighted by Gasteiger charge is 2.42. The molecule has 0 spiro atoms. The third-order valence-electron chi connectivity index (χ3n) is 5.92. The summed E-state index contributed by atoms with van der Waals surface area (Å²) in [6.07, 6.45) is 0.563. The molecule has 4 atom stereocenters. The fourth-order valence-electron chi connectivity index (χ4n) is 4.51. The molecule has 0 bridgehead atoms. The summed E-state index contributed by atoms with van der Waals surface area (Å²) in [7, 11) is 1.60. The van der Waals surface area contributed by atoms with E-state index in [9.17, 15) is 13.9 Å². The van der Waals surface area contributed by atoms with Crippen LogP contribution < -0.4 is 9.47 Å². The molecule has 2 aromatic carbocycles. The number of aliphatic hydroxyl groups excluding tert-OH is 1. The summed E-state index contributed by atoms with van der Waals surface area (Å²) < 4.78 is 38.5. The normalized spacial score (nSPS) is 27.4. The maximum absolute atomic E-state index is 14.0. The smallest absolute Gasteiger partial charge is 0.161 e. The van der Waals surface area contributed by atoms with Crippen LogP contribution in [-0.4, -0.2) is 42.4 Å². The van der Waals surface area contributed by atoms with Gasteiger partial charge in [-0.2, -0.15) is 0 Å². The molecule has 150 valence electrons. The number of hydrogen-bond acceptors (Lipinski definition) is 4. The Hall–Kier alpha value is -2.18. The van der Waals surface area contributed by atoms with E-state index in [1.54, 1.807) is 7.11 Å². The van der Waals surface area contributed by atoms with Crippen molar-refractivity contribution in [3.8, 4) is 11.5 Å². The molecule has 2 fully saturated rings. The quantitative estimate of drug-likeness (QED) is 0.848. The minimum absolute atomic E-state index is 0.292. The molecule has 1 aliphatic carbocycles. The van der Waals surface area contributed by atoms with Gasteiger partial charge in [-0.05, 0) is 42.9 Å². The van der Waals surface area contributed by atoms with Crippen molar-refractivity contribution >= 4 is 0 Å². The van der Waals surface area contributed by atoms with Gasteiger partial charge < -0.3 is 14.6 Å². The molecular formula is C22H25F2NO3. The van der Waals surface area contributed by atoms with Crippen molar-refractivity contribution in [2.45, 2.75) is 31.6 Å². The molecule has 1 saturated carbocycles. The van der Waals surface area contributed by atoms with Gasteiger partial charge in [-0.25, -0.2) is 8.78 Å². The fourth-order valence-corrected chi connectivity index (χ4v) is 4.51. The third kappa shape index (κ3) is 3.98. The van der Waals surface area contributed by atoms with E-state index in [-0.39, 0.29) is 6.10 Å². The number of likely N-dealkylation sites (tertiary alicyclic amines) is 1. The molecule has 0 aromatic heterocycles. The van der Waals surface area contributed by atoms with Crippen LogP contribution in [0.3, 0.4) is 0 Å². The van der Waals surface area contributed by atoms with Gasteiger partial charge in [0.2, 0.25) is 0 Å². The van der Waals surface area contributed by atoms with Crippen molar-refractivity contribution in [3.05, 3.63) is 59.7 Å². The molecule has 6 heteroatoms. The third-order valence-corrected chi connectivity index (χ3v) is 5.92. The lowest BCUT2D eigenvalue weighted by Gasteiger charge is -2.35. The molecule has 0 amide bonds. The van der Waals surface area contributed by atoms with E-state index in [4.69, 9.17) is 9.47 Å². The topological polar surface area (TPSA) is 41.9 Å². The zero-order valence-electron chi connectivity index (χ0n) is 15.9. The lowest BCUT2D eigenvalue weighted by atomic mass is 9.78. The van der Waals surface area contributed by atoms with Crippen LogP contribution in [0, 0.1) is 23.5 Å². The maximum Gasteiger partial charge on any atom is 0.161 e. The van der Waals surface area contributed by atoms with Crippen LogP contribution in [0.25, 0.3) is 0 Å². The molecule has 28 heavy (non-hydrogen) atoms. The molecule has 1 saturated heterocycles. The van der Waals surface area contributed by atoms with Crippen LogP contribution in [-0.2, 0) is 6.54 Å². The second-order valence-electron chi connectivity index (χ2n) is 7.80. The Morgan fingerprint density at radius 3 is 2.46 bits per heavy atom. The minimum Gasteiger partial charge on any atom is -0.493 e. The molecule has 0 unspecified atom stereocenters. The molecule has 1 heterocycles. The number of methoxy groups -OCH3 is 1. The largest absolute Gasteiger partial charge is 0.493 e. The maximum atomic E-state index is 14.0. The summed E-state index contributed by atoms with van der Waals surface area (Å²) in [6.45, 7) is 2.08. The molecule has 2 aromatic rings. The molecule has 0 radical (unpaired) electrons. The van der Waals surface area contributed by atoms with Gasteiger partial charge in [-0.1, -0.05) is 18.2 Å². The summed E-state index contributed by atoms with van der Waals surface area (Å²) in [5, 5.41) is 10.6. The first-order valence-electron chi connectivity index (χ1n) is 9.67. The van der Waals surface area contributed by atoms with E-state index in [0.29, 0.717) is 41.9 Å². The SMILES string of the molecule is COc1ccccc1O[C@@H]1C[C@@H]2CN(Cc3ccc(F)cc3F)C[C@@H]2C[C@H]1O. The number of aliphatic hydroxyl groups is 1. The average Bonchev–Trinajstić information content (AvgIpc) is 3.06. The highest BCUT2D eigenvalue weighted by Crippen LogP contribution is 2.39. The zero-order chi connectivity index (χ0) is 19.7. The Balaban J connectivity index is 1.40. The summed E-state index contributed by atoms with van der Waals surface area (Å²) in [5.41, 5.74) is 0.502. The van der Waals surface area contributed by atoms with Crippen LogP contribution in [0.2, 0.25) is 0 Å².